The Morgan fingerprint density at radius 3 is 2.59 bits per heavy atom. The van der Waals surface area contributed by atoms with Gasteiger partial charge in [-0.1, -0.05) is 13.8 Å². The standard InChI is InChI=1S/C13H18F3N3OS.ClH/c1-3-9(12-19-10(6-21-12)13(14,15)16)18-11(20)7(2)8-4-17-5-8;/h6-9,17H,3-5H2,1-2H3,(H,18,20);1H. The van der Waals surface area contributed by atoms with Crippen LogP contribution in [0.1, 0.15) is 37.0 Å². The molecule has 0 radical (unpaired) electrons. The lowest BCUT2D eigenvalue weighted by Crippen LogP contribution is -2.50. The lowest BCUT2D eigenvalue weighted by molar-refractivity contribution is -0.140. The first kappa shape index (κ1) is 19.2. The van der Waals surface area contributed by atoms with Gasteiger partial charge >= 0.3 is 6.18 Å². The second-order valence-electron chi connectivity index (χ2n) is 5.25. The van der Waals surface area contributed by atoms with Crippen LogP contribution in [0.3, 0.4) is 0 Å². The zero-order valence-corrected chi connectivity index (χ0v) is 13.9. The molecule has 1 fully saturated rings. The van der Waals surface area contributed by atoms with Gasteiger partial charge in [0.25, 0.3) is 0 Å². The molecule has 0 saturated carbocycles. The Balaban J connectivity index is 0.00000242. The van der Waals surface area contributed by atoms with Crippen LogP contribution in [0.25, 0.3) is 0 Å². The number of carbonyl (C=O) groups excluding carboxylic acids is 1. The SMILES string of the molecule is CCC(NC(=O)C(C)C1CNC1)c1nc(C(F)(F)F)cs1.Cl. The smallest absolute Gasteiger partial charge is 0.347 e. The van der Waals surface area contributed by atoms with Gasteiger partial charge in [-0.3, -0.25) is 4.79 Å². The highest BCUT2D eigenvalue weighted by molar-refractivity contribution is 7.09. The molecule has 22 heavy (non-hydrogen) atoms. The molecule has 126 valence electrons. The Kier molecular flexibility index (Phi) is 6.64. The number of carbonyl (C=O) groups is 1. The highest BCUT2D eigenvalue weighted by atomic mass is 35.5. The quantitative estimate of drug-likeness (QED) is 0.851. The summed E-state index contributed by atoms with van der Waals surface area (Å²) in [6.45, 7) is 5.27. The Bertz CT molecular complexity index is 505. The van der Waals surface area contributed by atoms with E-state index in [-0.39, 0.29) is 24.2 Å². The van der Waals surface area contributed by atoms with E-state index in [1.165, 1.54) is 0 Å². The largest absolute Gasteiger partial charge is 0.434 e. The number of rotatable bonds is 5. The van der Waals surface area contributed by atoms with Crippen molar-refractivity contribution in [2.75, 3.05) is 13.1 Å². The summed E-state index contributed by atoms with van der Waals surface area (Å²) in [5.41, 5.74) is -0.897. The maximum atomic E-state index is 12.6. The Labute approximate surface area is 137 Å². The second kappa shape index (κ2) is 7.61. The molecular weight excluding hydrogens is 339 g/mol. The van der Waals surface area contributed by atoms with E-state index in [1.807, 2.05) is 13.8 Å². The van der Waals surface area contributed by atoms with Crippen molar-refractivity contribution in [3.8, 4) is 0 Å². The van der Waals surface area contributed by atoms with Gasteiger partial charge in [-0.05, 0) is 25.4 Å². The third-order valence-electron chi connectivity index (χ3n) is 3.77. The molecule has 2 unspecified atom stereocenters. The predicted molar refractivity (Wildman–Crippen MR) is 81.1 cm³/mol. The molecule has 1 saturated heterocycles. The van der Waals surface area contributed by atoms with Gasteiger partial charge in [-0.25, -0.2) is 4.98 Å². The third-order valence-corrected chi connectivity index (χ3v) is 4.73. The summed E-state index contributed by atoms with van der Waals surface area (Å²) in [6.07, 6.45) is -3.94. The molecule has 1 aliphatic heterocycles. The molecule has 2 heterocycles. The van der Waals surface area contributed by atoms with Crippen LogP contribution in [0.5, 0.6) is 0 Å². The van der Waals surface area contributed by atoms with E-state index in [0.29, 0.717) is 17.3 Å². The average Bonchev–Trinajstić information content (AvgIpc) is 2.82. The first-order valence-electron chi connectivity index (χ1n) is 6.86. The lowest BCUT2D eigenvalue weighted by atomic mass is 9.88. The van der Waals surface area contributed by atoms with Crippen molar-refractivity contribution in [1.82, 2.24) is 15.6 Å². The van der Waals surface area contributed by atoms with Crippen LogP contribution < -0.4 is 10.6 Å². The Morgan fingerprint density at radius 1 is 1.55 bits per heavy atom. The fourth-order valence-corrected chi connectivity index (χ4v) is 3.06. The first-order chi connectivity index (χ1) is 9.82. The summed E-state index contributed by atoms with van der Waals surface area (Å²) >= 11 is 0.933. The summed E-state index contributed by atoms with van der Waals surface area (Å²) in [6, 6.07) is -0.464. The molecule has 1 aliphatic rings. The van der Waals surface area contributed by atoms with Gasteiger partial charge in [-0.15, -0.1) is 23.7 Å². The number of alkyl halides is 3. The molecule has 4 nitrogen and oxygen atoms in total. The third kappa shape index (κ3) is 4.33. The summed E-state index contributed by atoms with van der Waals surface area (Å²) in [7, 11) is 0. The van der Waals surface area contributed by atoms with Crippen LogP contribution in [0.2, 0.25) is 0 Å². The first-order valence-corrected chi connectivity index (χ1v) is 7.74. The minimum Gasteiger partial charge on any atom is -0.347 e. The van der Waals surface area contributed by atoms with Gasteiger partial charge < -0.3 is 10.6 Å². The number of thiazole rings is 1. The van der Waals surface area contributed by atoms with Gasteiger partial charge in [0, 0.05) is 11.3 Å². The molecule has 1 aromatic rings. The number of hydrogen-bond acceptors (Lipinski definition) is 4. The molecule has 0 aromatic carbocycles. The maximum Gasteiger partial charge on any atom is 0.434 e. The van der Waals surface area contributed by atoms with E-state index >= 15 is 0 Å². The highest BCUT2D eigenvalue weighted by Crippen LogP contribution is 2.32. The summed E-state index contributed by atoms with van der Waals surface area (Å²) in [4.78, 5) is 15.7. The zero-order chi connectivity index (χ0) is 15.6. The Morgan fingerprint density at radius 2 is 2.18 bits per heavy atom. The van der Waals surface area contributed by atoms with Crippen molar-refractivity contribution >= 4 is 29.7 Å². The van der Waals surface area contributed by atoms with Crippen LogP contribution in [0.15, 0.2) is 5.38 Å². The number of nitrogens with zero attached hydrogens (tertiary/aromatic N) is 1. The predicted octanol–water partition coefficient (Wildman–Crippen LogP) is 3.01. The fourth-order valence-electron chi connectivity index (χ4n) is 2.10. The van der Waals surface area contributed by atoms with Crippen molar-refractivity contribution in [2.24, 2.45) is 11.8 Å². The van der Waals surface area contributed by atoms with Crippen molar-refractivity contribution < 1.29 is 18.0 Å². The lowest BCUT2D eigenvalue weighted by Gasteiger charge is -2.32. The summed E-state index contributed by atoms with van der Waals surface area (Å²) < 4.78 is 37.7. The molecule has 2 rings (SSSR count). The number of aromatic nitrogens is 1. The topological polar surface area (TPSA) is 54.0 Å². The average molecular weight is 358 g/mol. The molecule has 2 N–H and O–H groups in total. The van der Waals surface area contributed by atoms with Crippen molar-refractivity contribution in [1.29, 1.82) is 0 Å². The fraction of sp³-hybridized carbons (Fsp3) is 0.692. The molecule has 1 aromatic heterocycles. The minimum absolute atomic E-state index is 0. The molecule has 0 spiro atoms. The molecule has 0 aliphatic carbocycles. The molecule has 0 bridgehead atoms. The van der Waals surface area contributed by atoms with E-state index in [1.54, 1.807) is 0 Å². The summed E-state index contributed by atoms with van der Waals surface area (Å²) in [5, 5.41) is 7.20. The molecule has 2 atom stereocenters. The van der Waals surface area contributed by atoms with Crippen molar-refractivity contribution in [3.63, 3.8) is 0 Å². The van der Waals surface area contributed by atoms with Crippen molar-refractivity contribution in [3.05, 3.63) is 16.1 Å². The zero-order valence-electron chi connectivity index (χ0n) is 12.2. The van der Waals surface area contributed by atoms with Gasteiger partial charge in [0.15, 0.2) is 5.69 Å². The second-order valence-corrected chi connectivity index (χ2v) is 6.13. The molecule has 9 heteroatoms. The maximum absolute atomic E-state index is 12.6. The number of hydrogen-bond donors (Lipinski definition) is 2. The molecular formula is C13H19ClF3N3OS. The number of nitrogens with one attached hydrogen (secondary N) is 2. The van der Waals surface area contributed by atoms with Crippen molar-refractivity contribution in [2.45, 2.75) is 32.5 Å². The van der Waals surface area contributed by atoms with Gasteiger partial charge in [0.05, 0.1) is 6.04 Å². The number of amides is 1. The monoisotopic (exact) mass is 357 g/mol. The minimum atomic E-state index is -4.44. The van der Waals surface area contributed by atoms with Gasteiger partial charge in [0.2, 0.25) is 5.91 Å². The van der Waals surface area contributed by atoms with Crippen LogP contribution in [-0.4, -0.2) is 24.0 Å². The van der Waals surface area contributed by atoms with E-state index in [0.717, 1.165) is 29.8 Å². The van der Waals surface area contributed by atoms with E-state index in [2.05, 4.69) is 15.6 Å². The normalized spacial score (nSPS) is 18.0. The summed E-state index contributed by atoms with van der Waals surface area (Å²) in [5.74, 6) is 0.0176. The number of halogens is 4. The van der Waals surface area contributed by atoms with Crippen LogP contribution >= 0.6 is 23.7 Å². The van der Waals surface area contributed by atoms with Crippen LogP contribution in [-0.2, 0) is 11.0 Å². The van der Waals surface area contributed by atoms with E-state index in [9.17, 15) is 18.0 Å². The van der Waals surface area contributed by atoms with Gasteiger partial charge in [-0.2, -0.15) is 13.2 Å². The van der Waals surface area contributed by atoms with E-state index in [4.69, 9.17) is 0 Å². The van der Waals surface area contributed by atoms with Crippen LogP contribution in [0.4, 0.5) is 13.2 Å². The highest BCUT2D eigenvalue weighted by Gasteiger charge is 2.35. The Hall–Kier alpha value is -0.860. The molecule has 1 amide bonds. The van der Waals surface area contributed by atoms with Crippen LogP contribution in [0, 0.1) is 11.8 Å². The van der Waals surface area contributed by atoms with Gasteiger partial charge in [0.1, 0.15) is 5.01 Å². The van der Waals surface area contributed by atoms with E-state index < -0.39 is 17.9 Å².